The van der Waals surface area contributed by atoms with Crippen LogP contribution >= 0.6 is 11.3 Å². The molecular weight excluding hydrogens is 254 g/mol. The highest BCUT2D eigenvalue weighted by Gasteiger charge is 2.33. The molecule has 0 saturated carbocycles. The van der Waals surface area contributed by atoms with E-state index in [-0.39, 0.29) is 0 Å². The predicted octanol–water partition coefficient (Wildman–Crippen LogP) is 2.48. The van der Waals surface area contributed by atoms with Crippen molar-refractivity contribution in [1.29, 1.82) is 0 Å². The standard InChI is InChI=1S/C15H19N3S/c1-2-13-15(19-10-17-13)7-11(1)8-16-14-9-18-5-3-12(14)4-6-18/h1-2,7,10,12,14,16H,3-6,8-9H2/t14-/m0/s1. The second kappa shape index (κ2) is 4.85. The van der Waals surface area contributed by atoms with Gasteiger partial charge in [0.15, 0.2) is 0 Å². The maximum atomic E-state index is 4.33. The van der Waals surface area contributed by atoms with E-state index < -0.39 is 0 Å². The molecule has 3 aliphatic heterocycles. The number of hydrogen-bond donors (Lipinski definition) is 1. The van der Waals surface area contributed by atoms with Crippen molar-refractivity contribution in [3.8, 4) is 0 Å². The third kappa shape index (κ3) is 2.29. The molecule has 3 fully saturated rings. The van der Waals surface area contributed by atoms with E-state index in [2.05, 4.69) is 33.4 Å². The number of fused-ring (bicyclic) bond motifs is 4. The monoisotopic (exact) mass is 273 g/mol. The first-order valence-electron chi connectivity index (χ1n) is 7.16. The van der Waals surface area contributed by atoms with Gasteiger partial charge in [-0.2, -0.15) is 0 Å². The fraction of sp³-hybridized carbons (Fsp3) is 0.533. The number of rotatable bonds is 3. The summed E-state index contributed by atoms with van der Waals surface area (Å²) in [5, 5.41) is 3.77. The Morgan fingerprint density at radius 3 is 3.00 bits per heavy atom. The topological polar surface area (TPSA) is 28.2 Å². The van der Waals surface area contributed by atoms with Gasteiger partial charge >= 0.3 is 0 Å². The summed E-state index contributed by atoms with van der Waals surface area (Å²) in [6.45, 7) is 4.86. The Hall–Kier alpha value is -0.970. The van der Waals surface area contributed by atoms with Crippen LogP contribution in [-0.4, -0.2) is 35.6 Å². The summed E-state index contributed by atoms with van der Waals surface area (Å²) in [7, 11) is 0. The average Bonchev–Trinajstić information content (AvgIpc) is 2.94. The minimum atomic E-state index is 0.694. The molecule has 1 N–H and O–H groups in total. The van der Waals surface area contributed by atoms with Gasteiger partial charge in [0.2, 0.25) is 0 Å². The Kier molecular flexibility index (Phi) is 3.02. The molecule has 0 spiro atoms. The molecule has 100 valence electrons. The second-order valence-electron chi connectivity index (χ2n) is 5.78. The van der Waals surface area contributed by atoms with Crippen LogP contribution in [0.1, 0.15) is 18.4 Å². The lowest BCUT2D eigenvalue weighted by Gasteiger charge is -2.45. The van der Waals surface area contributed by atoms with Gasteiger partial charge in [-0.05, 0) is 49.5 Å². The lowest BCUT2D eigenvalue weighted by molar-refractivity contribution is 0.0720. The van der Waals surface area contributed by atoms with Crippen LogP contribution in [0.2, 0.25) is 0 Å². The first-order valence-corrected chi connectivity index (χ1v) is 8.04. The number of nitrogens with zero attached hydrogens (tertiary/aromatic N) is 2. The SMILES string of the molecule is c1nc2ccc(CN[C@H]3CN4CCC3CC4)cc2s1. The summed E-state index contributed by atoms with van der Waals surface area (Å²) in [6, 6.07) is 7.32. The predicted molar refractivity (Wildman–Crippen MR) is 79.4 cm³/mol. The largest absolute Gasteiger partial charge is 0.308 e. The lowest BCUT2D eigenvalue weighted by atomic mass is 9.84. The molecule has 4 heteroatoms. The Bertz CT molecular complexity index is 572. The molecule has 4 heterocycles. The Balaban J connectivity index is 1.44. The molecule has 1 aromatic carbocycles. The van der Waals surface area contributed by atoms with Gasteiger partial charge in [0, 0.05) is 19.1 Å². The van der Waals surface area contributed by atoms with E-state index in [1.165, 1.54) is 42.7 Å². The summed E-state index contributed by atoms with van der Waals surface area (Å²) in [4.78, 5) is 6.93. The molecule has 3 nitrogen and oxygen atoms in total. The average molecular weight is 273 g/mol. The minimum Gasteiger partial charge on any atom is -0.308 e. The van der Waals surface area contributed by atoms with E-state index in [0.717, 1.165) is 18.0 Å². The fourth-order valence-electron chi connectivity index (χ4n) is 3.45. The van der Waals surface area contributed by atoms with Crippen molar-refractivity contribution in [2.45, 2.75) is 25.4 Å². The maximum Gasteiger partial charge on any atom is 0.0812 e. The van der Waals surface area contributed by atoms with Crippen LogP contribution in [0.5, 0.6) is 0 Å². The number of aromatic nitrogens is 1. The van der Waals surface area contributed by atoms with Gasteiger partial charge < -0.3 is 10.2 Å². The van der Waals surface area contributed by atoms with Crippen molar-refractivity contribution >= 4 is 21.6 Å². The van der Waals surface area contributed by atoms with E-state index in [4.69, 9.17) is 0 Å². The van der Waals surface area contributed by atoms with Crippen LogP contribution in [0.25, 0.3) is 10.2 Å². The second-order valence-corrected chi connectivity index (χ2v) is 6.67. The van der Waals surface area contributed by atoms with Gasteiger partial charge in [-0.25, -0.2) is 4.98 Å². The van der Waals surface area contributed by atoms with Crippen LogP contribution in [-0.2, 0) is 6.54 Å². The van der Waals surface area contributed by atoms with Crippen molar-refractivity contribution < 1.29 is 0 Å². The minimum absolute atomic E-state index is 0.694. The molecule has 0 unspecified atom stereocenters. The summed E-state index contributed by atoms with van der Waals surface area (Å²) in [6.07, 6.45) is 2.76. The van der Waals surface area contributed by atoms with E-state index >= 15 is 0 Å². The molecular formula is C15H19N3S. The number of benzene rings is 1. The smallest absolute Gasteiger partial charge is 0.0812 e. The van der Waals surface area contributed by atoms with Crippen molar-refractivity contribution in [1.82, 2.24) is 15.2 Å². The fourth-order valence-corrected chi connectivity index (χ4v) is 4.20. The molecule has 1 atom stereocenters. The molecule has 2 aromatic rings. The summed E-state index contributed by atoms with van der Waals surface area (Å²) < 4.78 is 1.30. The zero-order chi connectivity index (χ0) is 12.7. The van der Waals surface area contributed by atoms with E-state index in [0.29, 0.717) is 6.04 Å². The van der Waals surface area contributed by atoms with Crippen LogP contribution in [0.3, 0.4) is 0 Å². The van der Waals surface area contributed by atoms with Crippen molar-refractivity contribution in [3.05, 3.63) is 29.3 Å². The highest BCUT2D eigenvalue weighted by Crippen LogP contribution is 2.27. The third-order valence-corrected chi connectivity index (χ3v) is 5.41. The van der Waals surface area contributed by atoms with Gasteiger partial charge in [-0.1, -0.05) is 6.07 Å². The van der Waals surface area contributed by atoms with E-state index in [9.17, 15) is 0 Å². The molecule has 3 aliphatic rings. The van der Waals surface area contributed by atoms with Gasteiger partial charge in [0.25, 0.3) is 0 Å². The number of piperidine rings is 3. The Morgan fingerprint density at radius 1 is 1.32 bits per heavy atom. The Labute approximate surface area is 117 Å². The van der Waals surface area contributed by atoms with E-state index in [1.807, 2.05) is 5.51 Å². The molecule has 1 aromatic heterocycles. The van der Waals surface area contributed by atoms with Crippen LogP contribution in [0.15, 0.2) is 23.7 Å². The highest BCUT2D eigenvalue weighted by molar-refractivity contribution is 7.16. The zero-order valence-corrected chi connectivity index (χ0v) is 11.8. The summed E-state index contributed by atoms with van der Waals surface area (Å²) in [5.41, 5.74) is 4.43. The van der Waals surface area contributed by atoms with Crippen LogP contribution in [0.4, 0.5) is 0 Å². The van der Waals surface area contributed by atoms with Crippen molar-refractivity contribution in [3.63, 3.8) is 0 Å². The normalized spacial score (nSPS) is 30.0. The van der Waals surface area contributed by atoms with Crippen LogP contribution < -0.4 is 5.32 Å². The molecule has 0 aliphatic carbocycles. The summed E-state index contributed by atoms with van der Waals surface area (Å²) >= 11 is 1.73. The first kappa shape index (κ1) is 11.8. The first-order chi connectivity index (χ1) is 9.38. The zero-order valence-electron chi connectivity index (χ0n) is 11.0. The molecule has 5 rings (SSSR count). The molecule has 0 amide bonds. The van der Waals surface area contributed by atoms with E-state index in [1.54, 1.807) is 11.3 Å². The molecule has 2 bridgehead atoms. The van der Waals surface area contributed by atoms with Crippen molar-refractivity contribution in [2.75, 3.05) is 19.6 Å². The van der Waals surface area contributed by atoms with Crippen LogP contribution in [0, 0.1) is 5.92 Å². The quantitative estimate of drug-likeness (QED) is 0.931. The number of hydrogen-bond acceptors (Lipinski definition) is 4. The number of thiazole rings is 1. The molecule has 0 radical (unpaired) electrons. The maximum absolute atomic E-state index is 4.33. The lowest BCUT2D eigenvalue weighted by Crippen LogP contribution is -2.55. The molecule has 19 heavy (non-hydrogen) atoms. The highest BCUT2D eigenvalue weighted by atomic mass is 32.1. The third-order valence-electron chi connectivity index (χ3n) is 4.62. The van der Waals surface area contributed by atoms with Gasteiger partial charge in [0.05, 0.1) is 15.7 Å². The van der Waals surface area contributed by atoms with Gasteiger partial charge in [-0.15, -0.1) is 11.3 Å². The van der Waals surface area contributed by atoms with Crippen molar-refractivity contribution in [2.24, 2.45) is 5.92 Å². The summed E-state index contributed by atoms with van der Waals surface area (Å²) in [5.74, 6) is 0.900. The molecule has 3 saturated heterocycles. The number of nitrogens with one attached hydrogen (secondary N) is 1. The van der Waals surface area contributed by atoms with Gasteiger partial charge in [-0.3, -0.25) is 0 Å². The Morgan fingerprint density at radius 2 is 2.21 bits per heavy atom. The van der Waals surface area contributed by atoms with Gasteiger partial charge in [0.1, 0.15) is 0 Å².